The predicted molar refractivity (Wildman–Crippen MR) is 87.6 cm³/mol. The van der Waals surface area contributed by atoms with Crippen LogP contribution in [0.3, 0.4) is 0 Å². The first kappa shape index (κ1) is 16.1. The van der Waals surface area contributed by atoms with E-state index >= 15 is 0 Å². The molecule has 23 heavy (non-hydrogen) atoms. The minimum Gasteiger partial charge on any atom is -0.338 e. The van der Waals surface area contributed by atoms with Crippen LogP contribution in [0.15, 0.2) is 27.3 Å². The number of rotatable bonds is 4. The van der Waals surface area contributed by atoms with Crippen LogP contribution in [0.1, 0.15) is 24.6 Å². The van der Waals surface area contributed by atoms with Gasteiger partial charge in [-0.25, -0.2) is 4.98 Å². The largest absolute Gasteiger partial charge is 0.338 e. The summed E-state index contributed by atoms with van der Waals surface area (Å²) in [5.74, 6) is 1.75. The van der Waals surface area contributed by atoms with Gasteiger partial charge in [0.25, 0.3) is 0 Å². The Balaban J connectivity index is 1.56. The lowest BCUT2D eigenvalue weighted by Gasteiger charge is -2.30. The number of amides is 1. The highest BCUT2D eigenvalue weighted by Crippen LogP contribution is 2.20. The van der Waals surface area contributed by atoms with Gasteiger partial charge in [0, 0.05) is 17.2 Å². The van der Waals surface area contributed by atoms with E-state index in [1.807, 2.05) is 6.07 Å². The number of carbonyl (C=O) groups excluding carboxylic acids is 1. The van der Waals surface area contributed by atoms with Gasteiger partial charge in [-0.3, -0.25) is 9.69 Å². The number of halogens is 1. The van der Waals surface area contributed by atoms with Crippen LogP contribution < -0.4 is 5.32 Å². The number of likely N-dealkylation sites (tertiary alicyclic amines) is 1. The van der Waals surface area contributed by atoms with Gasteiger partial charge >= 0.3 is 0 Å². The molecular formula is C15H18BrN5O2. The van der Waals surface area contributed by atoms with Gasteiger partial charge in [0.15, 0.2) is 5.82 Å². The molecule has 0 radical (unpaired) electrons. The van der Waals surface area contributed by atoms with Crippen LogP contribution in [0.2, 0.25) is 0 Å². The SMILES string of the molecule is Cc1noc(CN2CCCC(C(=O)Nc3ccc(Br)cn3)C2)n1. The summed E-state index contributed by atoms with van der Waals surface area (Å²) in [6.07, 6.45) is 3.52. The van der Waals surface area contributed by atoms with E-state index in [-0.39, 0.29) is 11.8 Å². The number of nitrogens with zero attached hydrogens (tertiary/aromatic N) is 4. The normalized spacial score (nSPS) is 18.8. The number of pyridine rings is 1. The van der Waals surface area contributed by atoms with E-state index in [0.717, 1.165) is 23.9 Å². The zero-order valence-corrected chi connectivity index (χ0v) is 14.4. The maximum Gasteiger partial charge on any atom is 0.240 e. The van der Waals surface area contributed by atoms with Crippen LogP contribution >= 0.6 is 15.9 Å². The summed E-state index contributed by atoms with van der Waals surface area (Å²) >= 11 is 3.33. The molecule has 3 rings (SSSR count). The molecule has 1 amide bonds. The highest BCUT2D eigenvalue weighted by atomic mass is 79.9. The molecule has 0 bridgehead atoms. The molecule has 1 aliphatic rings. The lowest BCUT2D eigenvalue weighted by molar-refractivity contribution is -0.121. The molecule has 3 heterocycles. The Morgan fingerprint density at radius 2 is 2.39 bits per heavy atom. The molecule has 1 N–H and O–H groups in total. The molecule has 7 nitrogen and oxygen atoms in total. The highest BCUT2D eigenvalue weighted by molar-refractivity contribution is 9.10. The van der Waals surface area contributed by atoms with E-state index in [2.05, 4.69) is 41.3 Å². The molecule has 1 aliphatic heterocycles. The van der Waals surface area contributed by atoms with Crippen molar-refractivity contribution in [1.29, 1.82) is 0 Å². The minimum atomic E-state index is -0.0572. The first-order valence-corrected chi connectivity index (χ1v) is 8.33. The van der Waals surface area contributed by atoms with Crippen molar-refractivity contribution in [3.05, 3.63) is 34.5 Å². The number of piperidine rings is 1. The quantitative estimate of drug-likeness (QED) is 0.877. The lowest BCUT2D eigenvalue weighted by atomic mass is 9.97. The molecular weight excluding hydrogens is 362 g/mol. The van der Waals surface area contributed by atoms with Crippen LogP contribution in [0.25, 0.3) is 0 Å². The van der Waals surface area contributed by atoms with Gasteiger partial charge in [-0.2, -0.15) is 4.98 Å². The Labute approximate surface area is 142 Å². The van der Waals surface area contributed by atoms with Gasteiger partial charge in [0.1, 0.15) is 5.82 Å². The van der Waals surface area contributed by atoms with Crippen molar-refractivity contribution < 1.29 is 9.32 Å². The van der Waals surface area contributed by atoms with E-state index < -0.39 is 0 Å². The number of nitrogens with one attached hydrogen (secondary N) is 1. The Morgan fingerprint density at radius 3 is 3.09 bits per heavy atom. The molecule has 0 aromatic carbocycles. The van der Waals surface area contributed by atoms with Crippen LogP contribution in [0, 0.1) is 12.8 Å². The first-order chi connectivity index (χ1) is 11.1. The van der Waals surface area contributed by atoms with Crippen molar-refractivity contribution in [1.82, 2.24) is 20.0 Å². The first-order valence-electron chi connectivity index (χ1n) is 7.54. The topological polar surface area (TPSA) is 84.2 Å². The monoisotopic (exact) mass is 379 g/mol. The second-order valence-corrected chi connectivity index (χ2v) is 6.58. The Hall–Kier alpha value is -1.80. The summed E-state index contributed by atoms with van der Waals surface area (Å²) < 4.78 is 6.04. The summed E-state index contributed by atoms with van der Waals surface area (Å²) in [7, 11) is 0. The van der Waals surface area contributed by atoms with Crippen molar-refractivity contribution in [2.24, 2.45) is 5.92 Å². The third-order valence-corrected chi connectivity index (χ3v) is 4.25. The average Bonchev–Trinajstić information content (AvgIpc) is 2.95. The van der Waals surface area contributed by atoms with Crippen LogP contribution in [-0.4, -0.2) is 39.0 Å². The summed E-state index contributed by atoms with van der Waals surface area (Å²) in [6, 6.07) is 3.64. The summed E-state index contributed by atoms with van der Waals surface area (Å²) in [4.78, 5) is 23.0. The van der Waals surface area contributed by atoms with Crippen LogP contribution in [0.5, 0.6) is 0 Å². The Morgan fingerprint density at radius 1 is 1.52 bits per heavy atom. The fourth-order valence-electron chi connectivity index (χ4n) is 2.69. The molecule has 2 aromatic rings. The van der Waals surface area contributed by atoms with Gasteiger partial charge < -0.3 is 9.84 Å². The standard InChI is InChI=1S/C15H18BrN5O2/c1-10-18-14(23-20-10)9-21-6-2-3-11(8-21)15(22)19-13-5-4-12(16)7-17-13/h4-5,7,11H,2-3,6,8-9H2,1H3,(H,17,19,22). The summed E-state index contributed by atoms with van der Waals surface area (Å²) in [6.45, 7) is 4.00. The van der Waals surface area contributed by atoms with E-state index in [9.17, 15) is 4.79 Å². The third-order valence-electron chi connectivity index (χ3n) is 3.78. The van der Waals surface area contributed by atoms with Crippen molar-refractivity contribution in [3.8, 4) is 0 Å². The number of aryl methyl sites for hydroxylation is 1. The Bertz CT molecular complexity index is 673. The van der Waals surface area contributed by atoms with E-state index in [4.69, 9.17) is 4.52 Å². The second-order valence-electron chi connectivity index (χ2n) is 5.66. The van der Waals surface area contributed by atoms with E-state index in [1.165, 1.54) is 0 Å². The lowest BCUT2D eigenvalue weighted by Crippen LogP contribution is -2.40. The van der Waals surface area contributed by atoms with Crippen molar-refractivity contribution in [3.63, 3.8) is 0 Å². The van der Waals surface area contributed by atoms with Crippen molar-refractivity contribution in [2.45, 2.75) is 26.3 Å². The fourth-order valence-corrected chi connectivity index (χ4v) is 2.92. The summed E-state index contributed by atoms with van der Waals surface area (Å²) in [5.41, 5.74) is 0. The van der Waals surface area contributed by atoms with Crippen LogP contribution in [-0.2, 0) is 11.3 Å². The maximum absolute atomic E-state index is 12.4. The molecule has 2 aromatic heterocycles. The zero-order chi connectivity index (χ0) is 16.2. The predicted octanol–water partition coefficient (Wildman–Crippen LogP) is 2.39. The van der Waals surface area contributed by atoms with Gasteiger partial charge in [-0.1, -0.05) is 5.16 Å². The van der Waals surface area contributed by atoms with E-state index in [0.29, 0.717) is 30.6 Å². The third kappa shape index (κ3) is 4.35. The van der Waals surface area contributed by atoms with Gasteiger partial charge in [-0.15, -0.1) is 0 Å². The number of hydrogen-bond donors (Lipinski definition) is 1. The zero-order valence-electron chi connectivity index (χ0n) is 12.8. The fraction of sp³-hybridized carbons (Fsp3) is 0.467. The molecule has 122 valence electrons. The van der Waals surface area contributed by atoms with Crippen molar-refractivity contribution >= 4 is 27.7 Å². The molecule has 0 saturated carbocycles. The highest BCUT2D eigenvalue weighted by Gasteiger charge is 2.27. The molecule has 1 saturated heterocycles. The minimum absolute atomic E-state index is 0.00577. The molecule has 0 spiro atoms. The van der Waals surface area contributed by atoms with Gasteiger partial charge in [0.2, 0.25) is 11.8 Å². The molecule has 0 aliphatic carbocycles. The van der Waals surface area contributed by atoms with Crippen molar-refractivity contribution in [2.75, 3.05) is 18.4 Å². The summed E-state index contributed by atoms with van der Waals surface area (Å²) in [5, 5.41) is 6.67. The van der Waals surface area contributed by atoms with Crippen LogP contribution in [0.4, 0.5) is 5.82 Å². The van der Waals surface area contributed by atoms with Gasteiger partial charge in [0.05, 0.1) is 12.5 Å². The smallest absolute Gasteiger partial charge is 0.240 e. The number of carbonyl (C=O) groups is 1. The number of aromatic nitrogens is 3. The van der Waals surface area contributed by atoms with Gasteiger partial charge in [-0.05, 0) is 54.4 Å². The molecule has 1 fully saturated rings. The number of anilines is 1. The molecule has 1 unspecified atom stereocenters. The molecule has 8 heteroatoms. The Kier molecular flexibility index (Phi) is 5.02. The second kappa shape index (κ2) is 7.18. The molecule has 1 atom stereocenters. The maximum atomic E-state index is 12.4. The van der Waals surface area contributed by atoms with E-state index in [1.54, 1.807) is 19.2 Å². The average molecular weight is 380 g/mol. The number of hydrogen-bond acceptors (Lipinski definition) is 6.